The molecule has 23 heavy (non-hydrogen) atoms. The van der Waals surface area contributed by atoms with Gasteiger partial charge in [0.25, 0.3) is 0 Å². The molecule has 0 atom stereocenters. The number of aliphatic hydroxyl groups excluding tert-OH is 1. The molecule has 0 aliphatic carbocycles. The van der Waals surface area contributed by atoms with Gasteiger partial charge in [0.1, 0.15) is 0 Å². The fourth-order valence-electron chi connectivity index (χ4n) is 2.49. The maximum absolute atomic E-state index is 11.8. The van der Waals surface area contributed by atoms with Gasteiger partial charge in [-0.1, -0.05) is 64.7 Å². The second-order valence-electron chi connectivity index (χ2n) is 5.90. The molecule has 0 bridgehead atoms. The molecule has 5 heteroatoms. The third-order valence-corrected chi connectivity index (χ3v) is 3.83. The van der Waals surface area contributed by atoms with Crippen molar-refractivity contribution >= 4 is 11.9 Å². The summed E-state index contributed by atoms with van der Waals surface area (Å²) in [5, 5.41) is 17.5. The Hall–Kier alpha value is -1.36. The fourth-order valence-corrected chi connectivity index (χ4v) is 2.49. The topological polar surface area (TPSA) is 77.8 Å². The first-order valence-corrected chi connectivity index (χ1v) is 8.92. The molecule has 0 aromatic carbocycles. The lowest BCUT2D eigenvalue weighted by molar-refractivity contribution is -0.132. The van der Waals surface area contributed by atoms with Gasteiger partial charge in [-0.25, -0.2) is 4.79 Å². The van der Waals surface area contributed by atoms with Crippen molar-refractivity contribution in [3.63, 3.8) is 0 Å². The molecule has 0 aromatic rings. The smallest absolute Gasteiger partial charge is 0.328 e. The molecule has 5 nitrogen and oxygen atoms in total. The maximum Gasteiger partial charge on any atom is 0.328 e. The minimum Gasteiger partial charge on any atom is -0.478 e. The minimum absolute atomic E-state index is 0.107. The Labute approximate surface area is 140 Å². The number of unbranched alkanes of at least 4 members (excludes halogenated alkanes) is 9. The summed E-state index contributed by atoms with van der Waals surface area (Å²) in [7, 11) is 0. The zero-order valence-corrected chi connectivity index (χ0v) is 14.5. The number of carbonyl (C=O) groups is 2. The van der Waals surface area contributed by atoms with Crippen molar-refractivity contribution in [2.75, 3.05) is 19.7 Å². The summed E-state index contributed by atoms with van der Waals surface area (Å²) >= 11 is 0. The van der Waals surface area contributed by atoms with Crippen LogP contribution in [-0.4, -0.2) is 46.7 Å². The Morgan fingerprint density at radius 1 is 0.826 bits per heavy atom. The van der Waals surface area contributed by atoms with Crippen LogP contribution in [-0.2, 0) is 9.59 Å². The van der Waals surface area contributed by atoms with Crippen molar-refractivity contribution in [3.8, 4) is 0 Å². The van der Waals surface area contributed by atoms with E-state index in [1.165, 1.54) is 56.3 Å². The van der Waals surface area contributed by atoms with Crippen LogP contribution >= 0.6 is 0 Å². The third kappa shape index (κ3) is 14.0. The van der Waals surface area contributed by atoms with E-state index in [0.717, 1.165) is 25.0 Å². The average molecular weight is 327 g/mol. The van der Waals surface area contributed by atoms with Crippen LogP contribution in [0.25, 0.3) is 0 Å². The van der Waals surface area contributed by atoms with E-state index in [0.29, 0.717) is 6.54 Å². The minimum atomic E-state index is -1.14. The maximum atomic E-state index is 11.8. The van der Waals surface area contributed by atoms with E-state index in [2.05, 4.69) is 6.92 Å². The van der Waals surface area contributed by atoms with Crippen LogP contribution < -0.4 is 0 Å². The van der Waals surface area contributed by atoms with Crippen molar-refractivity contribution in [1.82, 2.24) is 4.90 Å². The number of rotatable bonds is 15. The number of nitrogens with zero attached hydrogens (tertiary/aromatic N) is 1. The molecule has 0 rings (SSSR count). The number of carboxylic acid groups (broad SMARTS) is 1. The van der Waals surface area contributed by atoms with Gasteiger partial charge >= 0.3 is 5.97 Å². The third-order valence-electron chi connectivity index (χ3n) is 3.83. The fraction of sp³-hybridized carbons (Fsp3) is 0.778. The van der Waals surface area contributed by atoms with Gasteiger partial charge in [0.2, 0.25) is 5.91 Å². The molecule has 0 saturated carbocycles. The Morgan fingerprint density at radius 3 is 1.83 bits per heavy atom. The second kappa shape index (κ2) is 15.5. The monoisotopic (exact) mass is 327 g/mol. The Balaban J connectivity index is 3.72. The highest BCUT2D eigenvalue weighted by atomic mass is 16.4. The molecule has 0 aliphatic heterocycles. The summed E-state index contributed by atoms with van der Waals surface area (Å²) in [5.41, 5.74) is 0. The molecule has 0 aromatic heterocycles. The molecule has 0 spiro atoms. The van der Waals surface area contributed by atoms with E-state index >= 15 is 0 Å². The Morgan fingerprint density at radius 2 is 1.35 bits per heavy atom. The summed E-state index contributed by atoms with van der Waals surface area (Å²) in [6.45, 7) is 2.94. The van der Waals surface area contributed by atoms with Crippen molar-refractivity contribution in [2.45, 2.75) is 71.1 Å². The second-order valence-corrected chi connectivity index (χ2v) is 5.90. The van der Waals surface area contributed by atoms with Gasteiger partial charge in [-0.15, -0.1) is 0 Å². The van der Waals surface area contributed by atoms with Crippen molar-refractivity contribution < 1.29 is 19.8 Å². The number of aliphatic hydroxyl groups is 1. The first kappa shape index (κ1) is 21.6. The van der Waals surface area contributed by atoms with Crippen LogP contribution in [0.5, 0.6) is 0 Å². The summed E-state index contributed by atoms with van der Waals surface area (Å²) in [5.74, 6) is -1.49. The largest absolute Gasteiger partial charge is 0.478 e. The van der Waals surface area contributed by atoms with Gasteiger partial charge in [0, 0.05) is 25.2 Å². The van der Waals surface area contributed by atoms with Gasteiger partial charge in [-0.2, -0.15) is 0 Å². The molecule has 0 fully saturated rings. The molecule has 2 N–H and O–H groups in total. The van der Waals surface area contributed by atoms with Gasteiger partial charge in [-0.3, -0.25) is 4.79 Å². The van der Waals surface area contributed by atoms with Crippen LogP contribution in [0.15, 0.2) is 12.2 Å². The van der Waals surface area contributed by atoms with Gasteiger partial charge in [0.15, 0.2) is 0 Å². The predicted molar refractivity (Wildman–Crippen MR) is 92.3 cm³/mol. The standard InChI is InChI=1S/C18H33NO4/c1-2-3-4-5-6-7-8-9-10-11-14-19(15-16-20)17(21)12-13-18(22)23/h12-13,20H,2-11,14-16H2,1H3,(H,22,23). The summed E-state index contributed by atoms with van der Waals surface area (Å²) in [6.07, 6.45) is 14.1. The number of hydrogen-bond acceptors (Lipinski definition) is 3. The van der Waals surface area contributed by atoms with E-state index in [4.69, 9.17) is 10.2 Å². The van der Waals surface area contributed by atoms with E-state index < -0.39 is 5.97 Å². The van der Waals surface area contributed by atoms with Crippen molar-refractivity contribution in [2.24, 2.45) is 0 Å². The molecule has 0 saturated heterocycles. The van der Waals surface area contributed by atoms with Crippen LogP contribution in [0.1, 0.15) is 71.1 Å². The molecule has 0 radical (unpaired) electrons. The van der Waals surface area contributed by atoms with E-state index in [1.54, 1.807) is 0 Å². The van der Waals surface area contributed by atoms with Gasteiger partial charge in [-0.05, 0) is 6.42 Å². The summed E-state index contributed by atoms with van der Waals surface area (Å²) in [4.78, 5) is 23.7. The Kier molecular flexibility index (Phi) is 14.6. The number of carboxylic acids is 1. The lowest BCUT2D eigenvalue weighted by Gasteiger charge is -2.19. The lowest BCUT2D eigenvalue weighted by Crippen LogP contribution is -2.33. The summed E-state index contributed by atoms with van der Waals surface area (Å²) in [6, 6.07) is 0. The van der Waals surface area contributed by atoms with Gasteiger partial charge < -0.3 is 15.1 Å². The first-order valence-electron chi connectivity index (χ1n) is 8.92. The predicted octanol–water partition coefficient (Wildman–Crippen LogP) is 3.37. The zero-order chi connectivity index (χ0) is 17.3. The first-order chi connectivity index (χ1) is 11.1. The summed E-state index contributed by atoms with van der Waals surface area (Å²) < 4.78 is 0. The van der Waals surface area contributed by atoms with Crippen LogP contribution in [0.3, 0.4) is 0 Å². The van der Waals surface area contributed by atoms with Gasteiger partial charge in [0.05, 0.1) is 6.61 Å². The highest BCUT2D eigenvalue weighted by Crippen LogP contribution is 2.10. The Bertz CT molecular complexity index is 342. The van der Waals surface area contributed by atoms with E-state index in [9.17, 15) is 9.59 Å². The molecule has 0 heterocycles. The zero-order valence-electron chi connectivity index (χ0n) is 14.5. The van der Waals surface area contributed by atoms with Crippen molar-refractivity contribution in [1.29, 1.82) is 0 Å². The van der Waals surface area contributed by atoms with Crippen LogP contribution in [0.4, 0.5) is 0 Å². The number of carbonyl (C=O) groups excluding carboxylic acids is 1. The van der Waals surface area contributed by atoms with Crippen molar-refractivity contribution in [3.05, 3.63) is 12.2 Å². The highest BCUT2D eigenvalue weighted by molar-refractivity contribution is 5.93. The highest BCUT2D eigenvalue weighted by Gasteiger charge is 2.09. The SMILES string of the molecule is CCCCCCCCCCCCN(CCO)C(=O)C=CC(=O)O. The number of aliphatic carboxylic acids is 1. The normalized spacial score (nSPS) is 11.0. The average Bonchev–Trinajstić information content (AvgIpc) is 2.53. The molecule has 1 amide bonds. The quantitative estimate of drug-likeness (QED) is 0.357. The molecule has 0 aliphatic rings. The lowest BCUT2D eigenvalue weighted by atomic mass is 10.1. The van der Waals surface area contributed by atoms with Crippen LogP contribution in [0, 0.1) is 0 Å². The van der Waals surface area contributed by atoms with Crippen LogP contribution in [0.2, 0.25) is 0 Å². The molecule has 134 valence electrons. The van der Waals surface area contributed by atoms with E-state index in [-0.39, 0.29) is 19.1 Å². The number of amides is 1. The number of hydrogen-bond donors (Lipinski definition) is 2. The molecular formula is C18H33NO4. The molecule has 0 unspecified atom stereocenters. The molecular weight excluding hydrogens is 294 g/mol. The van der Waals surface area contributed by atoms with E-state index in [1.807, 2.05) is 0 Å².